The predicted molar refractivity (Wildman–Crippen MR) is 213 cm³/mol. The summed E-state index contributed by atoms with van der Waals surface area (Å²) in [4.78, 5) is 37.4. The van der Waals surface area contributed by atoms with Crippen LogP contribution in [0.1, 0.15) is 194 Å². The van der Waals surface area contributed by atoms with Crippen LogP contribution in [0, 0.1) is 0 Å². The van der Waals surface area contributed by atoms with Crippen LogP contribution in [0.4, 0.5) is 0 Å². The number of allylic oxidation sites excluding steroid dienone is 2. The number of unbranched alkanes of at least 4 members (excludes halogenated alkanes) is 23. The first-order valence-corrected chi connectivity index (χ1v) is 22.9. The lowest BCUT2D eigenvalue weighted by molar-refractivity contribution is -0.870. The second-order valence-corrected chi connectivity index (χ2v) is 17.1. The number of rotatable bonds is 39. The zero-order valence-electron chi connectivity index (χ0n) is 34.5. The minimum absolute atomic E-state index is 0.0294. The molecule has 0 radical (unpaired) electrons. The molecule has 0 heterocycles. The fraction of sp³-hybridized carbons (Fsp3) is 0.905. The van der Waals surface area contributed by atoms with E-state index in [0.29, 0.717) is 17.4 Å². The van der Waals surface area contributed by atoms with Crippen LogP contribution < -0.4 is 4.89 Å². The van der Waals surface area contributed by atoms with Crippen LogP contribution in [0.2, 0.25) is 0 Å². The van der Waals surface area contributed by atoms with Crippen molar-refractivity contribution in [1.82, 2.24) is 0 Å². The van der Waals surface area contributed by atoms with E-state index in [9.17, 15) is 19.0 Å². The van der Waals surface area contributed by atoms with Crippen LogP contribution in [-0.4, -0.2) is 70.0 Å². The molecule has 0 aromatic heterocycles. The number of phosphoric acid groups is 1. The molecule has 0 saturated heterocycles. The first-order chi connectivity index (χ1) is 25.0. The van der Waals surface area contributed by atoms with Crippen molar-refractivity contribution in [2.24, 2.45) is 0 Å². The van der Waals surface area contributed by atoms with Crippen molar-refractivity contribution >= 4 is 19.8 Å². The number of carbonyl (C=O) groups is 2. The normalized spacial score (nSPS) is 13.7. The van der Waals surface area contributed by atoms with Gasteiger partial charge in [-0.25, -0.2) is 0 Å². The van der Waals surface area contributed by atoms with E-state index in [4.69, 9.17) is 18.5 Å². The topological polar surface area (TPSA) is 111 Å². The summed E-state index contributed by atoms with van der Waals surface area (Å²) < 4.78 is 33.8. The Morgan fingerprint density at radius 1 is 0.577 bits per heavy atom. The van der Waals surface area contributed by atoms with Crippen molar-refractivity contribution in [3.05, 3.63) is 12.2 Å². The minimum Gasteiger partial charge on any atom is -0.756 e. The van der Waals surface area contributed by atoms with Crippen LogP contribution in [0.15, 0.2) is 12.2 Å². The summed E-state index contributed by atoms with van der Waals surface area (Å²) in [6.07, 6.45) is 35.1. The lowest BCUT2D eigenvalue weighted by atomic mass is 10.0. The monoisotopic (exact) mass is 760 g/mol. The Labute approximate surface area is 320 Å². The second-order valence-electron chi connectivity index (χ2n) is 15.7. The van der Waals surface area contributed by atoms with Gasteiger partial charge in [0.2, 0.25) is 0 Å². The van der Waals surface area contributed by atoms with Gasteiger partial charge in [0.05, 0.1) is 27.7 Å². The number of ether oxygens (including phenoxy) is 2. The predicted octanol–water partition coefficient (Wildman–Crippen LogP) is 11.2. The summed E-state index contributed by atoms with van der Waals surface area (Å²) in [7, 11) is 1.17. The highest BCUT2D eigenvalue weighted by molar-refractivity contribution is 7.45. The zero-order chi connectivity index (χ0) is 38.6. The van der Waals surface area contributed by atoms with Gasteiger partial charge < -0.3 is 27.9 Å². The first kappa shape index (κ1) is 50.8. The van der Waals surface area contributed by atoms with E-state index < -0.39 is 26.5 Å². The maximum Gasteiger partial charge on any atom is 0.306 e. The van der Waals surface area contributed by atoms with E-state index in [0.717, 1.165) is 51.4 Å². The van der Waals surface area contributed by atoms with Crippen LogP contribution in [-0.2, 0) is 32.7 Å². The number of likely N-dealkylation sites (N-methyl/N-ethyl adjacent to an activating group) is 1. The van der Waals surface area contributed by atoms with E-state index in [1.807, 2.05) is 21.1 Å². The number of nitrogens with zero attached hydrogens (tertiary/aromatic N) is 1. The highest BCUT2D eigenvalue weighted by atomic mass is 31.2. The average molecular weight is 760 g/mol. The molecule has 0 bridgehead atoms. The summed E-state index contributed by atoms with van der Waals surface area (Å²) in [6.45, 7) is 4.22. The van der Waals surface area contributed by atoms with Crippen molar-refractivity contribution in [1.29, 1.82) is 0 Å². The lowest BCUT2D eigenvalue weighted by Crippen LogP contribution is -2.37. The van der Waals surface area contributed by atoms with Gasteiger partial charge >= 0.3 is 11.9 Å². The van der Waals surface area contributed by atoms with E-state index in [2.05, 4.69) is 26.0 Å². The van der Waals surface area contributed by atoms with Gasteiger partial charge in [-0.15, -0.1) is 0 Å². The van der Waals surface area contributed by atoms with Crippen LogP contribution in [0.3, 0.4) is 0 Å². The number of hydrogen-bond acceptors (Lipinski definition) is 8. The molecule has 0 N–H and O–H groups in total. The number of quaternary nitrogens is 1. The van der Waals surface area contributed by atoms with Gasteiger partial charge in [0.1, 0.15) is 19.8 Å². The SMILES string of the molecule is CCCCCCCC/C=C/CCCCCCCC(=O)OC(COC(=O)CCCCCCCCCCCCCCC)COP(=O)([O-])OCC[N+](C)(C)C. The molecule has 0 aromatic carbocycles. The summed E-state index contributed by atoms with van der Waals surface area (Å²) >= 11 is 0. The van der Waals surface area contributed by atoms with E-state index in [1.165, 1.54) is 109 Å². The molecule has 52 heavy (non-hydrogen) atoms. The third kappa shape index (κ3) is 38.5. The van der Waals surface area contributed by atoms with E-state index in [1.54, 1.807) is 0 Å². The quantitative estimate of drug-likeness (QED) is 0.0200. The number of phosphoric ester groups is 1. The van der Waals surface area contributed by atoms with Crippen molar-refractivity contribution < 1.29 is 42.1 Å². The first-order valence-electron chi connectivity index (χ1n) is 21.4. The fourth-order valence-electron chi connectivity index (χ4n) is 5.88. The van der Waals surface area contributed by atoms with Gasteiger partial charge in [0.25, 0.3) is 7.82 Å². The Hall–Kier alpha value is -1.25. The second kappa shape index (κ2) is 35.5. The molecule has 0 saturated carbocycles. The standard InChI is InChI=1S/C42H82NO8P/c1-6-8-10-12-14-16-18-20-21-23-25-27-29-31-33-35-42(45)51-40(39-50-52(46,47)49-37-36-43(3,4)5)38-48-41(44)34-32-30-28-26-24-22-19-17-15-13-11-9-7-2/h20-21,40H,6-19,22-39H2,1-5H3/b21-20+. The molecule has 9 nitrogen and oxygen atoms in total. The molecule has 2 atom stereocenters. The number of hydrogen-bond donors (Lipinski definition) is 0. The maximum atomic E-state index is 12.6. The van der Waals surface area contributed by atoms with Gasteiger partial charge in [-0.3, -0.25) is 14.2 Å². The van der Waals surface area contributed by atoms with Crippen LogP contribution in [0.25, 0.3) is 0 Å². The fourth-order valence-corrected chi connectivity index (χ4v) is 6.61. The average Bonchev–Trinajstić information content (AvgIpc) is 3.09. The Morgan fingerprint density at radius 3 is 1.42 bits per heavy atom. The largest absolute Gasteiger partial charge is 0.756 e. The third-order valence-corrected chi connectivity index (χ3v) is 10.2. The van der Waals surface area contributed by atoms with Gasteiger partial charge in [-0.2, -0.15) is 0 Å². The van der Waals surface area contributed by atoms with Gasteiger partial charge in [-0.1, -0.05) is 154 Å². The zero-order valence-corrected chi connectivity index (χ0v) is 35.4. The molecule has 0 aromatic rings. The van der Waals surface area contributed by atoms with Crippen LogP contribution in [0.5, 0.6) is 0 Å². The molecule has 0 rings (SSSR count). The van der Waals surface area contributed by atoms with Gasteiger partial charge in [-0.05, 0) is 38.5 Å². The molecule has 0 amide bonds. The van der Waals surface area contributed by atoms with Crippen molar-refractivity contribution in [2.45, 2.75) is 200 Å². The summed E-state index contributed by atoms with van der Waals surface area (Å²) in [5.74, 6) is -0.837. The van der Waals surface area contributed by atoms with Crippen molar-refractivity contribution in [3.63, 3.8) is 0 Å². The molecule has 0 spiro atoms. The van der Waals surface area contributed by atoms with E-state index in [-0.39, 0.29) is 32.0 Å². The molecule has 0 fully saturated rings. The Balaban J connectivity index is 4.37. The Morgan fingerprint density at radius 2 is 0.981 bits per heavy atom. The molecular formula is C42H82NO8P. The Bertz CT molecular complexity index is 907. The van der Waals surface area contributed by atoms with Crippen LogP contribution >= 0.6 is 7.82 Å². The highest BCUT2D eigenvalue weighted by Crippen LogP contribution is 2.38. The molecule has 0 aliphatic carbocycles. The Kier molecular flexibility index (Phi) is 34.6. The summed E-state index contributed by atoms with van der Waals surface area (Å²) in [5, 5.41) is 0. The summed E-state index contributed by atoms with van der Waals surface area (Å²) in [6, 6.07) is 0. The van der Waals surface area contributed by atoms with Gasteiger partial charge in [0, 0.05) is 12.8 Å². The molecular weight excluding hydrogens is 677 g/mol. The van der Waals surface area contributed by atoms with Crippen molar-refractivity contribution in [2.75, 3.05) is 47.5 Å². The van der Waals surface area contributed by atoms with E-state index >= 15 is 0 Å². The molecule has 2 unspecified atom stereocenters. The molecule has 308 valence electrons. The molecule has 0 aliphatic heterocycles. The van der Waals surface area contributed by atoms with Crippen molar-refractivity contribution in [3.8, 4) is 0 Å². The number of esters is 2. The lowest BCUT2D eigenvalue weighted by Gasteiger charge is -2.28. The minimum atomic E-state index is -4.62. The highest BCUT2D eigenvalue weighted by Gasteiger charge is 2.21. The molecule has 0 aliphatic rings. The summed E-state index contributed by atoms with van der Waals surface area (Å²) in [5.41, 5.74) is 0. The molecule has 10 heteroatoms. The third-order valence-electron chi connectivity index (χ3n) is 9.29. The number of carbonyl (C=O) groups excluding carboxylic acids is 2. The van der Waals surface area contributed by atoms with Gasteiger partial charge in [0.15, 0.2) is 6.10 Å². The maximum absolute atomic E-state index is 12.6. The smallest absolute Gasteiger partial charge is 0.306 e.